The first-order chi connectivity index (χ1) is 5.95. The maximum absolute atomic E-state index is 9.43. The van der Waals surface area contributed by atoms with Crippen LogP contribution in [0.3, 0.4) is 0 Å². The average molecular weight is 260 g/mol. The number of carbonyl (C=O) groups excluding carboxylic acids is 1. The van der Waals surface area contributed by atoms with Gasteiger partial charge in [0, 0.05) is 5.02 Å². The summed E-state index contributed by atoms with van der Waals surface area (Å²) >= 11 is 20.2. The third-order valence-corrected chi connectivity index (χ3v) is 1.39. The zero-order chi connectivity index (χ0) is 10.3. The van der Waals surface area contributed by atoms with E-state index in [1.54, 1.807) is 0 Å². The summed E-state index contributed by atoms with van der Waals surface area (Å²) in [6.07, 6.45) is 0.234. The van der Waals surface area contributed by atoms with Crippen LogP contribution < -0.4 is 0 Å². The molecule has 0 heterocycles. The molecule has 1 nitrogen and oxygen atoms in total. The van der Waals surface area contributed by atoms with Gasteiger partial charge in [0.05, 0.1) is 0 Å². The number of hydrogen-bond donors (Lipinski definition) is 0. The minimum atomic E-state index is -1.72. The highest BCUT2D eigenvalue weighted by Gasteiger charge is 2.16. The fraction of sp³-hybridized carbons (Fsp3) is 0.125. The summed E-state index contributed by atoms with van der Waals surface area (Å²) in [5.74, 6) is 0. The molecule has 0 aliphatic carbocycles. The summed E-state index contributed by atoms with van der Waals surface area (Å²) in [7, 11) is 0. The van der Waals surface area contributed by atoms with E-state index in [1.165, 1.54) is 0 Å². The molecule has 0 aliphatic heterocycles. The van der Waals surface area contributed by atoms with Crippen LogP contribution in [0.5, 0.6) is 0 Å². The van der Waals surface area contributed by atoms with E-state index < -0.39 is 3.79 Å². The summed E-state index contributed by atoms with van der Waals surface area (Å²) in [6, 6.07) is 9.44. The van der Waals surface area contributed by atoms with Crippen molar-refractivity contribution in [2.24, 2.45) is 0 Å². The van der Waals surface area contributed by atoms with Gasteiger partial charge < -0.3 is 0 Å². The van der Waals surface area contributed by atoms with E-state index in [0.717, 1.165) is 5.02 Å². The number of halogens is 4. The lowest BCUT2D eigenvalue weighted by molar-refractivity contribution is -0.107. The minimum absolute atomic E-state index is 0.234. The van der Waals surface area contributed by atoms with Gasteiger partial charge in [-0.25, -0.2) is 0 Å². The smallest absolute Gasteiger partial charge is 0.245 e. The zero-order valence-corrected chi connectivity index (χ0v) is 9.41. The van der Waals surface area contributed by atoms with Crippen LogP contribution in [0.2, 0.25) is 5.02 Å². The summed E-state index contributed by atoms with van der Waals surface area (Å²) < 4.78 is -1.72. The Bertz CT molecular complexity index is 242. The van der Waals surface area contributed by atoms with Crippen molar-refractivity contribution in [1.29, 1.82) is 0 Å². The van der Waals surface area contributed by atoms with Gasteiger partial charge in [-0.1, -0.05) is 64.6 Å². The fourth-order valence-electron chi connectivity index (χ4n) is 0.415. The summed E-state index contributed by atoms with van der Waals surface area (Å²) in [6.45, 7) is 0. The Balaban J connectivity index is 0.000000226. The molecule has 0 spiro atoms. The van der Waals surface area contributed by atoms with Crippen LogP contribution in [0.4, 0.5) is 0 Å². The summed E-state index contributed by atoms with van der Waals surface area (Å²) in [5.41, 5.74) is 0. The lowest BCUT2D eigenvalue weighted by Gasteiger charge is -1.93. The molecule has 0 aliphatic rings. The van der Waals surface area contributed by atoms with Crippen molar-refractivity contribution in [2.45, 2.75) is 3.79 Å². The molecule has 0 bridgehead atoms. The van der Waals surface area contributed by atoms with Crippen LogP contribution in [-0.2, 0) is 4.79 Å². The Morgan fingerprint density at radius 1 is 1.08 bits per heavy atom. The van der Waals surface area contributed by atoms with Crippen molar-refractivity contribution in [2.75, 3.05) is 0 Å². The predicted molar refractivity (Wildman–Crippen MR) is 57.8 cm³/mol. The number of hydrogen-bond acceptors (Lipinski definition) is 1. The first kappa shape index (κ1) is 13.1. The van der Waals surface area contributed by atoms with Gasteiger partial charge in [0.2, 0.25) is 3.79 Å². The molecule has 0 atom stereocenters. The molecule has 0 N–H and O–H groups in total. The predicted octanol–water partition coefficient (Wildman–Crippen LogP) is 3.90. The molecule has 1 aromatic carbocycles. The van der Waals surface area contributed by atoms with E-state index in [2.05, 4.69) is 0 Å². The van der Waals surface area contributed by atoms with Crippen molar-refractivity contribution in [3.63, 3.8) is 0 Å². The molecule has 0 aromatic heterocycles. The second-order valence-corrected chi connectivity index (χ2v) is 4.76. The molecule has 1 aromatic rings. The maximum atomic E-state index is 9.43. The topological polar surface area (TPSA) is 17.1 Å². The van der Waals surface area contributed by atoms with Crippen molar-refractivity contribution in [1.82, 2.24) is 0 Å². The van der Waals surface area contributed by atoms with Crippen LogP contribution in [-0.4, -0.2) is 10.1 Å². The molecule has 0 amide bonds. The standard InChI is InChI=1S/C6H5Cl.C2HCl3O/c7-6-4-2-1-3-5-6;3-2(4,5)1-6/h1-5H;1H. The molecule has 0 radical (unpaired) electrons. The SMILES string of the molecule is Clc1ccccc1.O=CC(Cl)(Cl)Cl. The normalized spacial score (nSPS) is 9.85. The van der Waals surface area contributed by atoms with Crippen LogP contribution >= 0.6 is 46.4 Å². The Kier molecular flexibility index (Phi) is 6.52. The van der Waals surface area contributed by atoms with Crippen molar-refractivity contribution in [3.05, 3.63) is 35.4 Å². The number of aldehydes is 1. The largest absolute Gasteiger partial charge is 0.299 e. The van der Waals surface area contributed by atoms with Gasteiger partial charge in [0.1, 0.15) is 0 Å². The average Bonchev–Trinajstić information content (AvgIpc) is 2.06. The van der Waals surface area contributed by atoms with Crippen molar-refractivity contribution in [3.8, 4) is 0 Å². The molecule has 0 unspecified atom stereocenters. The molecule has 5 heteroatoms. The van der Waals surface area contributed by atoms with Crippen molar-refractivity contribution < 1.29 is 4.79 Å². The monoisotopic (exact) mass is 258 g/mol. The molecule has 0 fully saturated rings. The third-order valence-electron chi connectivity index (χ3n) is 0.867. The molecule has 13 heavy (non-hydrogen) atoms. The summed E-state index contributed by atoms with van der Waals surface area (Å²) in [5, 5.41) is 0.794. The van der Waals surface area contributed by atoms with Gasteiger partial charge in [0.15, 0.2) is 6.29 Å². The van der Waals surface area contributed by atoms with E-state index in [0.29, 0.717) is 0 Å². The Morgan fingerprint density at radius 2 is 1.46 bits per heavy atom. The van der Waals surface area contributed by atoms with E-state index >= 15 is 0 Å². The van der Waals surface area contributed by atoms with E-state index in [1.807, 2.05) is 30.3 Å². The van der Waals surface area contributed by atoms with E-state index in [9.17, 15) is 4.79 Å². The van der Waals surface area contributed by atoms with Gasteiger partial charge in [0.25, 0.3) is 0 Å². The molecule has 72 valence electrons. The number of carbonyl (C=O) groups is 1. The first-order valence-electron chi connectivity index (χ1n) is 3.19. The Hall–Kier alpha value is 0.0500. The molecular weight excluding hydrogens is 254 g/mol. The molecule has 0 saturated carbocycles. The second kappa shape index (κ2) is 6.50. The number of rotatable bonds is 0. The van der Waals surface area contributed by atoms with E-state index in [4.69, 9.17) is 46.4 Å². The van der Waals surface area contributed by atoms with Crippen molar-refractivity contribution >= 4 is 52.7 Å². The van der Waals surface area contributed by atoms with Gasteiger partial charge in [-0.3, -0.25) is 4.79 Å². The highest BCUT2D eigenvalue weighted by atomic mass is 35.6. The minimum Gasteiger partial charge on any atom is -0.299 e. The summed E-state index contributed by atoms with van der Waals surface area (Å²) in [4.78, 5) is 9.43. The Morgan fingerprint density at radius 3 is 1.62 bits per heavy atom. The quantitative estimate of drug-likeness (QED) is 0.510. The van der Waals surface area contributed by atoms with Crippen LogP contribution in [0.25, 0.3) is 0 Å². The highest BCUT2D eigenvalue weighted by Crippen LogP contribution is 2.21. The second-order valence-electron chi connectivity index (χ2n) is 1.96. The first-order valence-corrected chi connectivity index (χ1v) is 4.70. The number of alkyl halides is 3. The van der Waals surface area contributed by atoms with Gasteiger partial charge in [-0.15, -0.1) is 0 Å². The van der Waals surface area contributed by atoms with Gasteiger partial charge in [-0.05, 0) is 12.1 Å². The molecule has 1 rings (SSSR count). The maximum Gasteiger partial charge on any atom is 0.245 e. The lowest BCUT2D eigenvalue weighted by atomic mass is 10.4. The third kappa shape index (κ3) is 9.97. The van der Waals surface area contributed by atoms with Crippen LogP contribution in [0.1, 0.15) is 0 Å². The lowest BCUT2D eigenvalue weighted by Crippen LogP contribution is -2.00. The van der Waals surface area contributed by atoms with Gasteiger partial charge >= 0.3 is 0 Å². The highest BCUT2D eigenvalue weighted by molar-refractivity contribution is 6.74. The van der Waals surface area contributed by atoms with Crippen LogP contribution in [0.15, 0.2) is 30.3 Å². The Labute approximate surface area is 96.5 Å². The van der Waals surface area contributed by atoms with Gasteiger partial charge in [-0.2, -0.15) is 0 Å². The fourth-order valence-corrected chi connectivity index (χ4v) is 0.560. The molecular formula is C8H6Cl4O. The van der Waals surface area contributed by atoms with Crippen LogP contribution in [0, 0.1) is 0 Å². The van der Waals surface area contributed by atoms with E-state index in [-0.39, 0.29) is 6.29 Å². The zero-order valence-electron chi connectivity index (χ0n) is 6.38. The molecule has 0 saturated heterocycles. The number of benzene rings is 1.